The van der Waals surface area contributed by atoms with Crippen molar-refractivity contribution in [2.45, 2.75) is 0 Å². The number of piperazine rings is 1. The first-order valence-corrected chi connectivity index (χ1v) is 4.71. The van der Waals surface area contributed by atoms with E-state index in [1.54, 1.807) is 0 Å². The molecule has 2 rings (SSSR count). The van der Waals surface area contributed by atoms with Crippen LogP contribution in [0.3, 0.4) is 0 Å². The zero-order valence-corrected chi connectivity index (χ0v) is 9.21. The Labute approximate surface area is 99.9 Å². The summed E-state index contributed by atoms with van der Waals surface area (Å²) in [4.78, 5) is 1.98. The minimum atomic E-state index is 0. The van der Waals surface area contributed by atoms with Gasteiger partial charge in [-0.2, -0.15) is 0 Å². The summed E-state index contributed by atoms with van der Waals surface area (Å²) in [6.07, 6.45) is 0. The molecule has 0 unspecified atom stereocenters. The zero-order valence-electron chi connectivity index (χ0n) is 10.6. The van der Waals surface area contributed by atoms with Gasteiger partial charge in [-0.15, -0.1) is 12.4 Å². The number of nitrogens with one attached hydrogen (secondary N) is 1. The van der Waals surface area contributed by atoms with Gasteiger partial charge in [-0.1, -0.05) is 17.7 Å². The van der Waals surface area contributed by atoms with Crippen LogP contribution >= 0.6 is 24.0 Å². The van der Waals surface area contributed by atoms with Crippen LogP contribution in [0.4, 0.5) is 5.69 Å². The lowest BCUT2D eigenvalue weighted by Gasteiger charge is -2.29. The fourth-order valence-corrected chi connectivity index (χ4v) is 1.55. The molecule has 1 aliphatic rings. The SMILES string of the molecule is Cl.[2H]c1cc([2H])c(N2CCNCC2)c([2H])c1Cl. The second-order valence-corrected chi connectivity index (χ2v) is 3.34. The van der Waals surface area contributed by atoms with E-state index in [1.165, 1.54) is 6.07 Å². The highest BCUT2D eigenvalue weighted by Gasteiger charge is 2.09. The van der Waals surface area contributed by atoms with Crippen molar-refractivity contribution in [2.75, 3.05) is 31.1 Å². The molecule has 1 saturated heterocycles. The molecule has 0 aromatic heterocycles. The van der Waals surface area contributed by atoms with Crippen molar-refractivity contribution in [1.29, 1.82) is 0 Å². The van der Waals surface area contributed by atoms with Gasteiger partial charge in [-0.3, -0.25) is 0 Å². The third kappa shape index (κ3) is 2.77. The monoisotopic (exact) mass is 235 g/mol. The van der Waals surface area contributed by atoms with Crippen molar-refractivity contribution in [3.05, 3.63) is 29.2 Å². The molecule has 0 amide bonds. The maximum absolute atomic E-state index is 7.88. The highest BCUT2D eigenvalue weighted by atomic mass is 35.5. The lowest BCUT2D eigenvalue weighted by Crippen LogP contribution is -2.43. The molecule has 14 heavy (non-hydrogen) atoms. The van der Waals surface area contributed by atoms with E-state index in [1.807, 2.05) is 4.90 Å². The molecule has 1 aromatic rings. The van der Waals surface area contributed by atoms with Crippen LogP contribution < -0.4 is 10.2 Å². The standard InChI is InChI=1S/C10H13ClN2.ClH/c11-9-2-1-3-10(8-9)13-6-4-12-5-7-13;/h1-3,8,12H,4-7H2;1H/i2D,3D,8D;. The fraction of sp³-hybridized carbons (Fsp3) is 0.400. The summed E-state index contributed by atoms with van der Waals surface area (Å²) >= 11 is 5.87. The summed E-state index contributed by atoms with van der Waals surface area (Å²) < 4.78 is 23.2. The number of anilines is 1. The Morgan fingerprint density at radius 3 is 2.79 bits per heavy atom. The second-order valence-electron chi connectivity index (χ2n) is 2.96. The van der Waals surface area contributed by atoms with E-state index in [0.717, 1.165) is 26.2 Å². The maximum atomic E-state index is 7.88. The molecule has 4 heteroatoms. The largest absolute Gasteiger partial charge is 0.369 e. The lowest BCUT2D eigenvalue weighted by molar-refractivity contribution is 0.589. The fourth-order valence-electron chi connectivity index (χ4n) is 1.40. The first kappa shape index (κ1) is 7.80. The molecular formula is C10H14Cl2N2. The number of benzene rings is 1. The molecule has 0 saturated carbocycles. The lowest BCUT2D eigenvalue weighted by atomic mass is 10.2. The predicted octanol–water partition coefficient (Wildman–Crippen LogP) is 2.17. The summed E-state index contributed by atoms with van der Waals surface area (Å²) in [5.74, 6) is 0. The molecule has 2 nitrogen and oxygen atoms in total. The number of hydrogen-bond acceptors (Lipinski definition) is 2. The third-order valence-corrected chi connectivity index (χ3v) is 2.27. The molecule has 0 aliphatic carbocycles. The van der Waals surface area contributed by atoms with Crippen LogP contribution in [0.15, 0.2) is 24.2 Å². The van der Waals surface area contributed by atoms with Gasteiger partial charge in [-0.25, -0.2) is 0 Å². The molecule has 1 fully saturated rings. The summed E-state index contributed by atoms with van der Waals surface area (Å²) in [6.45, 7) is 3.23. The Bertz CT molecular complexity index is 409. The van der Waals surface area contributed by atoms with Gasteiger partial charge < -0.3 is 10.2 Å². The van der Waals surface area contributed by atoms with Crippen molar-refractivity contribution in [1.82, 2.24) is 5.32 Å². The number of hydrogen-bond donors (Lipinski definition) is 1. The quantitative estimate of drug-likeness (QED) is 0.803. The van der Waals surface area contributed by atoms with Gasteiger partial charge in [0.1, 0.15) is 0 Å². The number of nitrogens with zero attached hydrogens (tertiary/aromatic N) is 1. The number of rotatable bonds is 1. The molecule has 0 atom stereocenters. The highest BCUT2D eigenvalue weighted by Crippen LogP contribution is 2.19. The van der Waals surface area contributed by atoms with Crippen molar-refractivity contribution in [2.24, 2.45) is 0 Å². The molecule has 0 radical (unpaired) electrons. The third-order valence-electron chi connectivity index (χ3n) is 2.07. The average Bonchev–Trinajstić information content (AvgIpc) is 2.28. The Kier molecular flexibility index (Phi) is 3.03. The van der Waals surface area contributed by atoms with Crippen molar-refractivity contribution < 1.29 is 4.11 Å². The van der Waals surface area contributed by atoms with Crippen LogP contribution in [0, 0.1) is 0 Å². The smallest absolute Gasteiger partial charge is 0.0660 e. The molecule has 1 aromatic carbocycles. The van der Waals surface area contributed by atoms with Crippen molar-refractivity contribution in [3.63, 3.8) is 0 Å². The average molecular weight is 236 g/mol. The Hall–Kier alpha value is -0.440. The van der Waals surface area contributed by atoms with E-state index in [-0.39, 0.29) is 35.6 Å². The van der Waals surface area contributed by atoms with Gasteiger partial charge >= 0.3 is 0 Å². The first-order chi connectivity index (χ1) is 7.61. The van der Waals surface area contributed by atoms with Gasteiger partial charge in [0.25, 0.3) is 0 Å². The molecule has 1 aliphatic heterocycles. The normalized spacial score (nSPS) is 19.2. The second kappa shape index (κ2) is 5.44. The summed E-state index contributed by atoms with van der Waals surface area (Å²) in [5, 5.41) is 3.34. The molecule has 78 valence electrons. The van der Waals surface area contributed by atoms with Gasteiger partial charge in [0, 0.05) is 36.9 Å². The number of halogens is 2. The summed E-state index contributed by atoms with van der Waals surface area (Å²) in [6, 6.07) is 1.76. The topological polar surface area (TPSA) is 15.3 Å². The minimum Gasteiger partial charge on any atom is -0.369 e. The van der Waals surface area contributed by atoms with Crippen LogP contribution in [0.5, 0.6) is 0 Å². The van der Waals surface area contributed by atoms with Crippen LogP contribution in [-0.4, -0.2) is 26.2 Å². The molecule has 1 heterocycles. The minimum absolute atomic E-state index is 0. The van der Waals surface area contributed by atoms with Gasteiger partial charge in [0.15, 0.2) is 0 Å². The maximum Gasteiger partial charge on any atom is 0.0660 e. The van der Waals surface area contributed by atoms with E-state index in [0.29, 0.717) is 5.69 Å². The zero-order chi connectivity index (χ0) is 11.7. The van der Waals surface area contributed by atoms with E-state index < -0.39 is 0 Å². The van der Waals surface area contributed by atoms with Crippen molar-refractivity contribution in [3.8, 4) is 0 Å². The van der Waals surface area contributed by atoms with Gasteiger partial charge in [0.05, 0.1) is 4.11 Å². The Balaban J connectivity index is 0.00000144. The van der Waals surface area contributed by atoms with E-state index in [9.17, 15) is 0 Å². The van der Waals surface area contributed by atoms with Crippen LogP contribution in [-0.2, 0) is 0 Å². The molecule has 0 bridgehead atoms. The van der Waals surface area contributed by atoms with Crippen molar-refractivity contribution >= 4 is 29.7 Å². The molecule has 0 spiro atoms. The van der Waals surface area contributed by atoms with Gasteiger partial charge in [0.2, 0.25) is 0 Å². The van der Waals surface area contributed by atoms with E-state index in [4.69, 9.17) is 15.7 Å². The van der Waals surface area contributed by atoms with E-state index >= 15 is 0 Å². The molecule has 1 N–H and O–H groups in total. The van der Waals surface area contributed by atoms with Crippen LogP contribution in [0.25, 0.3) is 0 Å². The van der Waals surface area contributed by atoms with Crippen LogP contribution in [0.1, 0.15) is 4.11 Å². The summed E-state index contributed by atoms with van der Waals surface area (Å²) in [7, 11) is 0. The molecular weight excluding hydrogens is 219 g/mol. The Morgan fingerprint density at radius 1 is 1.36 bits per heavy atom. The van der Waals surface area contributed by atoms with E-state index in [2.05, 4.69) is 5.32 Å². The predicted molar refractivity (Wildman–Crippen MR) is 63.8 cm³/mol. The highest BCUT2D eigenvalue weighted by molar-refractivity contribution is 6.30. The Morgan fingerprint density at radius 2 is 2.07 bits per heavy atom. The van der Waals surface area contributed by atoms with Gasteiger partial charge in [-0.05, 0) is 18.1 Å². The first-order valence-electron chi connectivity index (χ1n) is 5.83. The summed E-state index contributed by atoms with van der Waals surface area (Å²) in [5.41, 5.74) is 0.544. The van der Waals surface area contributed by atoms with Crippen LogP contribution in [0.2, 0.25) is 5.02 Å².